The Morgan fingerprint density at radius 2 is 1.50 bits per heavy atom. The first kappa shape index (κ1) is 32.7. The number of aliphatic hydroxyl groups is 2. The number of carbonyl (C=O) groups is 2. The smallest absolute Gasteiger partial charge is 0.333 e. The van der Waals surface area contributed by atoms with Crippen molar-refractivity contribution in [3.63, 3.8) is 0 Å². The van der Waals surface area contributed by atoms with Gasteiger partial charge in [-0.25, -0.2) is 4.79 Å². The Morgan fingerprint density at radius 1 is 1.03 bits per heavy atom. The van der Waals surface area contributed by atoms with Crippen molar-refractivity contribution < 1.29 is 29.3 Å². The monoisotopic (exact) mass is 429 g/mol. The summed E-state index contributed by atoms with van der Waals surface area (Å²) in [7, 11) is 0. The lowest BCUT2D eigenvalue weighted by Gasteiger charge is -2.24. The minimum absolute atomic E-state index is 0.0667. The molecular formula is C23H43NO6. The summed E-state index contributed by atoms with van der Waals surface area (Å²) in [5.41, 5.74) is -0.501. The normalized spacial score (nSPS) is 11.7. The van der Waals surface area contributed by atoms with Gasteiger partial charge >= 0.3 is 11.9 Å². The van der Waals surface area contributed by atoms with E-state index in [0.717, 1.165) is 12.8 Å². The van der Waals surface area contributed by atoms with Crippen LogP contribution in [0.25, 0.3) is 0 Å². The van der Waals surface area contributed by atoms with Crippen LogP contribution < -0.4 is 0 Å². The lowest BCUT2D eigenvalue weighted by atomic mass is 9.90. The number of esters is 2. The fourth-order valence-corrected chi connectivity index (χ4v) is 1.01. The van der Waals surface area contributed by atoms with Gasteiger partial charge in [0.25, 0.3) is 0 Å². The van der Waals surface area contributed by atoms with E-state index >= 15 is 0 Å². The topological polar surface area (TPSA) is 117 Å². The average molecular weight is 430 g/mol. The van der Waals surface area contributed by atoms with Gasteiger partial charge in [0.15, 0.2) is 6.29 Å². The Balaban J connectivity index is -0.000000431. The zero-order chi connectivity index (χ0) is 24.5. The fraction of sp³-hybridized carbons (Fsp3) is 0.783. The number of carbonyl (C=O) groups excluding carboxylic acids is 2. The van der Waals surface area contributed by atoms with Gasteiger partial charge in [0.05, 0.1) is 11.5 Å². The maximum atomic E-state index is 11.5. The van der Waals surface area contributed by atoms with Crippen LogP contribution in [0, 0.1) is 28.1 Å². The second kappa shape index (κ2) is 16.8. The summed E-state index contributed by atoms with van der Waals surface area (Å²) in [5.74, 6) is -0.503. The minimum Gasteiger partial charge on any atom is -0.462 e. The zero-order valence-corrected chi connectivity index (χ0v) is 20.4. The molecule has 0 amide bonds. The minimum atomic E-state index is -1.19. The average Bonchev–Trinajstić information content (AvgIpc) is 2.70. The van der Waals surface area contributed by atoms with E-state index in [4.69, 9.17) is 24.9 Å². The molecule has 7 heteroatoms. The number of nitrogens with zero attached hydrogens (tertiary/aromatic N) is 1. The van der Waals surface area contributed by atoms with Gasteiger partial charge in [-0.2, -0.15) is 5.26 Å². The first-order valence-corrected chi connectivity index (χ1v) is 10.4. The van der Waals surface area contributed by atoms with Crippen molar-refractivity contribution in [3.05, 3.63) is 12.2 Å². The first-order chi connectivity index (χ1) is 13.6. The van der Waals surface area contributed by atoms with E-state index in [2.05, 4.69) is 12.6 Å². The molecule has 0 bridgehead atoms. The molecule has 30 heavy (non-hydrogen) atoms. The molecule has 0 rings (SSSR count). The van der Waals surface area contributed by atoms with Gasteiger partial charge in [-0.3, -0.25) is 4.79 Å². The molecule has 0 radical (unpaired) electrons. The summed E-state index contributed by atoms with van der Waals surface area (Å²) in [6.07, 6.45) is 1.27. The molecule has 1 atom stereocenters. The van der Waals surface area contributed by atoms with Gasteiger partial charge < -0.3 is 19.7 Å². The van der Waals surface area contributed by atoms with Gasteiger partial charge in [0, 0.05) is 16.9 Å². The summed E-state index contributed by atoms with van der Waals surface area (Å²) < 4.78 is 9.77. The van der Waals surface area contributed by atoms with E-state index in [1.54, 1.807) is 6.92 Å². The highest BCUT2D eigenvalue weighted by Crippen LogP contribution is 2.22. The largest absolute Gasteiger partial charge is 0.462 e. The van der Waals surface area contributed by atoms with Crippen molar-refractivity contribution in [2.24, 2.45) is 16.7 Å². The standard InChI is InChI=1S/C12H20O4.C6H14O2.C5H9N/c1-6-12(4,5)11(14)16-8-7-15-10(13)9(2)3;1-4-6(2,3)5(7)8;1-3-5(2)4-6/h2,6-8H2,1,3-5H3;5,7-8H,4H2,1-3H3;5H,3H2,1-2H3. The van der Waals surface area contributed by atoms with Crippen molar-refractivity contribution >= 4 is 11.9 Å². The molecule has 0 aromatic carbocycles. The van der Waals surface area contributed by atoms with E-state index in [1.807, 2.05) is 55.4 Å². The second-order valence-electron chi connectivity index (χ2n) is 8.44. The summed E-state index contributed by atoms with van der Waals surface area (Å²) in [6, 6.07) is 2.11. The molecule has 0 aliphatic heterocycles. The van der Waals surface area contributed by atoms with E-state index in [0.29, 0.717) is 12.0 Å². The summed E-state index contributed by atoms with van der Waals surface area (Å²) in [4.78, 5) is 22.5. The molecule has 0 spiro atoms. The van der Waals surface area contributed by atoms with Crippen molar-refractivity contribution in [1.82, 2.24) is 0 Å². The molecule has 0 aliphatic rings. The number of hydrogen-bond acceptors (Lipinski definition) is 7. The Bertz CT molecular complexity index is 546. The third-order valence-electron chi connectivity index (χ3n) is 4.78. The van der Waals surface area contributed by atoms with Gasteiger partial charge in [-0.15, -0.1) is 0 Å². The van der Waals surface area contributed by atoms with Crippen LogP contribution >= 0.6 is 0 Å². The third-order valence-corrected chi connectivity index (χ3v) is 4.78. The summed E-state index contributed by atoms with van der Waals surface area (Å²) >= 11 is 0. The number of nitriles is 1. The fourth-order valence-electron chi connectivity index (χ4n) is 1.01. The molecule has 176 valence electrons. The SMILES string of the molecule is C=C(C)C(=O)OCCOC(=O)C(C)(C)CC.CCC(C)(C)C(O)O.CCC(C)C#N. The van der Waals surface area contributed by atoms with Crippen molar-refractivity contribution in [2.75, 3.05) is 13.2 Å². The molecule has 0 aromatic rings. The van der Waals surface area contributed by atoms with E-state index in [9.17, 15) is 9.59 Å². The molecule has 7 nitrogen and oxygen atoms in total. The van der Waals surface area contributed by atoms with Crippen LogP contribution in [0.2, 0.25) is 0 Å². The highest BCUT2D eigenvalue weighted by Gasteiger charge is 2.26. The molecule has 0 saturated carbocycles. The molecule has 2 N–H and O–H groups in total. The molecular weight excluding hydrogens is 386 g/mol. The second-order valence-corrected chi connectivity index (χ2v) is 8.44. The van der Waals surface area contributed by atoms with Gasteiger partial charge in [0.2, 0.25) is 0 Å². The quantitative estimate of drug-likeness (QED) is 0.242. The lowest BCUT2D eigenvalue weighted by Crippen LogP contribution is -2.27. The van der Waals surface area contributed by atoms with Crippen LogP contribution in [-0.4, -0.2) is 41.7 Å². The molecule has 0 fully saturated rings. The maximum absolute atomic E-state index is 11.5. The van der Waals surface area contributed by atoms with Crippen molar-refractivity contribution in [2.45, 2.75) is 87.9 Å². The van der Waals surface area contributed by atoms with Crippen LogP contribution in [0.5, 0.6) is 0 Å². The number of rotatable bonds is 9. The highest BCUT2D eigenvalue weighted by atomic mass is 16.6. The summed E-state index contributed by atoms with van der Waals surface area (Å²) in [5, 5.41) is 25.4. The Morgan fingerprint density at radius 3 is 1.73 bits per heavy atom. The van der Waals surface area contributed by atoms with Crippen LogP contribution in [0.15, 0.2) is 12.2 Å². The lowest BCUT2D eigenvalue weighted by molar-refractivity contribution is -0.158. The Hall–Kier alpha value is -1.91. The van der Waals surface area contributed by atoms with E-state index in [-0.39, 0.29) is 30.5 Å². The van der Waals surface area contributed by atoms with Crippen LogP contribution in [0.4, 0.5) is 0 Å². The third kappa shape index (κ3) is 17.0. The van der Waals surface area contributed by atoms with Crippen LogP contribution in [0.3, 0.4) is 0 Å². The highest BCUT2D eigenvalue weighted by molar-refractivity contribution is 5.86. The van der Waals surface area contributed by atoms with E-state index < -0.39 is 17.7 Å². The number of ether oxygens (including phenoxy) is 2. The maximum Gasteiger partial charge on any atom is 0.333 e. The predicted octanol–water partition coefficient (Wildman–Crippen LogP) is 4.37. The van der Waals surface area contributed by atoms with Crippen LogP contribution in [0.1, 0.15) is 81.6 Å². The molecule has 0 aliphatic carbocycles. The summed E-state index contributed by atoms with van der Waals surface area (Å²) in [6.45, 7) is 20.2. The predicted molar refractivity (Wildman–Crippen MR) is 118 cm³/mol. The van der Waals surface area contributed by atoms with E-state index in [1.165, 1.54) is 0 Å². The zero-order valence-electron chi connectivity index (χ0n) is 20.4. The van der Waals surface area contributed by atoms with Crippen molar-refractivity contribution in [3.8, 4) is 6.07 Å². The van der Waals surface area contributed by atoms with Crippen molar-refractivity contribution in [1.29, 1.82) is 5.26 Å². The van der Waals surface area contributed by atoms with Gasteiger partial charge in [0.1, 0.15) is 13.2 Å². The molecule has 0 aromatic heterocycles. The van der Waals surface area contributed by atoms with Crippen LogP contribution in [-0.2, 0) is 19.1 Å². The first-order valence-electron chi connectivity index (χ1n) is 10.4. The number of hydrogen-bond donors (Lipinski definition) is 2. The molecule has 1 unspecified atom stereocenters. The Kier molecular flexibility index (Phi) is 18.4. The molecule has 0 saturated heterocycles. The molecule has 0 heterocycles. The number of aliphatic hydroxyl groups excluding tert-OH is 1. The van der Waals surface area contributed by atoms with Gasteiger partial charge in [-0.05, 0) is 47.0 Å². The van der Waals surface area contributed by atoms with Gasteiger partial charge in [-0.1, -0.05) is 41.2 Å². The Labute approximate surface area is 183 Å².